The van der Waals surface area contributed by atoms with E-state index in [2.05, 4.69) is 15.1 Å². The van der Waals surface area contributed by atoms with Gasteiger partial charge in [-0.05, 0) is 37.3 Å². The molecule has 1 amide bonds. The molecule has 2 aromatic heterocycles. The molecule has 0 unspecified atom stereocenters. The number of halogens is 1. The van der Waals surface area contributed by atoms with E-state index < -0.39 is 6.09 Å². The van der Waals surface area contributed by atoms with Crippen LogP contribution in [0.15, 0.2) is 49.2 Å². The molecule has 0 aliphatic heterocycles. The van der Waals surface area contributed by atoms with Gasteiger partial charge in [-0.2, -0.15) is 5.10 Å². The van der Waals surface area contributed by atoms with E-state index in [1.165, 1.54) is 17.1 Å². The number of hydrogen-bond donors (Lipinski definition) is 1. The number of ether oxygens (including phenoxy) is 2. The highest BCUT2D eigenvalue weighted by Crippen LogP contribution is 2.31. The molecule has 3 aromatic rings. The molecular formula is C20H20FN5O3. The maximum absolute atomic E-state index is 14.0. The molecule has 0 radical (unpaired) electrons. The molecule has 0 spiro atoms. The van der Waals surface area contributed by atoms with Crippen molar-refractivity contribution in [1.82, 2.24) is 19.7 Å². The molecule has 2 N–H and O–H groups in total. The fraction of sp³-hybridized carbons (Fsp3) is 0.300. The van der Waals surface area contributed by atoms with Gasteiger partial charge in [-0.25, -0.2) is 23.8 Å². The van der Waals surface area contributed by atoms with Gasteiger partial charge in [0.1, 0.15) is 29.6 Å². The lowest BCUT2D eigenvalue weighted by molar-refractivity contribution is 0.105. The molecule has 9 heteroatoms. The zero-order valence-electron chi connectivity index (χ0n) is 15.6. The lowest BCUT2D eigenvalue weighted by Gasteiger charge is -2.14. The molecule has 150 valence electrons. The van der Waals surface area contributed by atoms with Crippen molar-refractivity contribution >= 4 is 6.09 Å². The van der Waals surface area contributed by atoms with Gasteiger partial charge in [0, 0.05) is 11.8 Å². The van der Waals surface area contributed by atoms with Gasteiger partial charge in [-0.1, -0.05) is 12.1 Å². The third-order valence-electron chi connectivity index (χ3n) is 4.88. The minimum absolute atomic E-state index is 0.161. The molecule has 29 heavy (non-hydrogen) atoms. The summed E-state index contributed by atoms with van der Waals surface area (Å²) in [6, 6.07) is 6.40. The molecule has 2 heterocycles. The Bertz CT molecular complexity index is 1010. The summed E-state index contributed by atoms with van der Waals surface area (Å²) in [5.74, 6) is 0.392. The summed E-state index contributed by atoms with van der Waals surface area (Å²) in [6.07, 6.45) is 7.76. The van der Waals surface area contributed by atoms with Crippen molar-refractivity contribution in [3.8, 4) is 22.7 Å². The third kappa shape index (κ3) is 4.34. The quantitative estimate of drug-likeness (QED) is 0.685. The predicted octanol–water partition coefficient (Wildman–Crippen LogP) is 3.11. The number of benzene rings is 1. The summed E-state index contributed by atoms with van der Waals surface area (Å²) in [4.78, 5) is 19.2. The summed E-state index contributed by atoms with van der Waals surface area (Å²) in [6.45, 7) is 0.445. The first-order valence-corrected chi connectivity index (χ1v) is 9.29. The van der Waals surface area contributed by atoms with E-state index in [9.17, 15) is 9.18 Å². The first-order valence-electron chi connectivity index (χ1n) is 9.29. The van der Waals surface area contributed by atoms with E-state index in [1.807, 2.05) is 0 Å². The summed E-state index contributed by atoms with van der Waals surface area (Å²) in [7, 11) is 0. The summed E-state index contributed by atoms with van der Waals surface area (Å²) in [5.41, 5.74) is 6.69. The van der Waals surface area contributed by atoms with Crippen molar-refractivity contribution in [3.05, 3.63) is 55.0 Å². The Balaban J connectivity index is 1.47. The Morgan fingerprint density at radius 1 is 1.28 bits per heavy atom. The topological polar surface area (TPSA) is 105 Å². The van der Waals surface area contributed by atoms with Gasteiger partial charge < -0.3 is 15.2 Å². The minimum Gasteiger partial charge on any atom is -0.489 e. The lowest BCUT2D eigenvalue weighted by Crippen LogP contribution is -2.21. The highest BCUT2D eigenvalue weighted by molar-refractivity contribution is 5.65. The Kier molecular flexibility index (Phi) is 5.37. The zero-order valence-corrected chi connectivity index (χ0v) is 15.6. The fourth-order valence-corrected chi connectivity index (χ4v) is 3.51. The highest BCUT2D eigenvalue weighted by atomic mass is 19.1. The van der Waals surface area contributed by atoms with Gasteiger partial charge in [-0.3, -0.25) is 0 Å². The molecule has 2 atom stereocenters. The number of carbonyl (C=O) groups excluding carboxylic acids is 1. The van der Waals surface area contributed by atoms with Crippen LogP contribution in [0.1, 0.15) is 19.3 Å². The number of carbonyl (C=O) groups is 1. The second-order valence-electron chi connectivity index (χ2n) is 6.91. The maximum Gasteiger partial charge on any atom is 0.404 e. The number of amides is 1. The molecule has 8 nitrogen and oxygen atoms in total. The molecule has 0 saturated heterocycles. The van der Waals surface area contributed by atoms with Crippen LogP contribution in [0.25, 0.3) is 16.9 Å². The summed E-state index contributed by atoms with van der Waals surface area (Å²) in [5, 5.41) is 4.24. The number of primary amides is 1. The molecule has 1 aliphatic carbocycles. The Morgan fingerprint density at radius 2 is 2.14 bits per heavy atom. The van der Waals surface area contributed by atoms with E-state index in [-0.39, 0.29) is 17.8 Å². The van der Waals surface area contributed by atoms with E-state index in [4.69, 9.17) is 15.2 Å². The molecule has 1 saturated carbocycles. The van der Waals surface area contributed by atoms with Gasteiger partial charge in [-0.15, -0.1) is 0 Å². The van der Waals surface area contributed by atoms with Crippen molar-refractivity contribution in [2.75, 3.05) is 6.61 Å². The normalized spacial score (nSPS) is 18.5. The van der Waals surface area contributed by atoms with Crippen LogP contribution in [-0.2, 0) is 4.74 Å². The van der Waals surface area contributed by atoms with Crippen LogP contribution < -0.4 is 10.5 Å². The second-order valence-corrected chi connectivity index (χ2v) is 6.91. The van der Waals surface area contributed by atoms with Crippen molar-refractivity contribution in [2.45, 2.75) is 25.4 Å². The monoisotopic (exact) mass is 397 g/mol. The number of nitrogens with two attached hydrogens (primary N) is 1. The van der Waals surface area contributed by atoms with Crippen LogP contribution in [0.2, 0.25) is 0 Å². The van der Waals surface area contributed by atoms with Crippen molar-refractivity contribution in [3.63, 3.8) is 0 Å². The van der Waals surface area contributed by atoms with Gasteiger partial charge in [0.15, 0.2) is 5.75 Å². The fourth-order valence-electron chi connectivity index (χ4n) is 3.51. The maximum atomic E-state index is 14.0. The first-order chi connectivity index (χ1) is 14.1. The largest absolute Gasteiger partial charge is 0.489 e. The SMILES string of the molecule is NC(=O)O[C@@H]1CC[C@H](COc2cncnc2-c2cnn(-c3ccccc3F)c2)C1. The van der Waals surface area contributed by atoms with Crippen LogP contribution in [0.4, 0.5) is 9.18 Å². The van der Waals surface area contributed by atoms with Crippen molar-refractivity contribution in [1.29, 1.82) is 0 Å². The Hall–Kier alpha value is -3.49. The number of hydrogen-bond acceptors (Lipinski definition) is 6. The Morgan fingerprint density at radius 3 is 2.97 bits per heavy atom. The van der Waals surface area contributed by atoms with Gasteiger partial charge >= 0.3 is 6.09 Å². The molecule has 1 aliphatic rings. The second kappa shape index (κ2) is 8.26. The van der Waals surface area contributed by atoms with Crippen LogP contribution in [-0.4, -0.2) is 38.6 Å². The zero-order chi connectivity index (χ0) is 20.2. The van der Waals surface area contributed by atoms with Crippen LogP contribution in [0, 0.1) is 11.7 Å². The molecule has 1 fully saturated rings. The first kappa shape index (κ1) is 18.9. The average molecular weight is 397 g/mol. The van der Waals surface area contributed by atoms with Crippen LogP contribution in [0.3, 0.4) is 0 Å². The number of rotatable bonds is 6. The van der Waals surface area contributed by atoms with E-state index in [0.29, 0.717) is 35.7 Å². The summed E-state index contributed by atoms with van der Waals surface area (Å²) < 4.78 is 26.5. The smallest absolute Gasteiger partial charge is 0.404 e. The van der Waals surface area contributed by atoms with Crippen molar-refractivity contribution in [2.24, 2.45) is 11.7 Å². The molecule has 1 aromatic carbocycles. The standard InChI is InChI=1S/C20H20FN5O3/c21-16-3-1-2-4-17(16)26-10-14(8-25-26)19-18(9-23-12-24-19)28-11-13-5-6-15(7-13)29-20(22)27/h1-4,8-10,12-13,15H,5-7,11H2,(H2,22,27)/t13-,15+/m0/s1. The van der Waals surface area contributed by atoms with Gasteiger partial charge in [0.2, 0.25) is 0 Å². The molecular weight excluding hydrogens is 377 g/mol. The number of para-hydroxylation sites is 1. The third-order valence-corrected chi connectivity index (χ3v) is 4.88. The number of nitrogens with zero attached hydrogens (tertiary/aromatic N) is 4. The van der Waals surface area contributed by atoms with Crippen LogP contribution in [0.5, 0.6) is 5.75 Å². The minimum atomic E-state index is -0.748. The van der Waals surface area contributed by atoms with Crippen LogP contribution >= 0.6 is 0 Å². The van der Waals surface area contributed by atoms with Gasteiger partial charge in [0.05, 0.1) is 19.0 Å². The lowest BCUT2D eigenvalue weighted by atomic mass is 10.1. The van der Waals surface area contributed by atoms with E-state index in [0.717, 1.165) is 12.8 Å². The van der Waals surface area contributed by atoms with E-state index >= 15 is 0 Å². The molecule has 0 bridgehead atoms. The van der Waals surface area contributed by atoms with Gasteiger partial charge in [0.25, 0.3) is 0 Å². The summed E-state index contributed by atoms with van der Waals surface area (Å²) >= 11 is 0. The Labute approximate surface area is 166 Å². The molecule has 4 rings (SSSR count). The highest BCUT2D eigenvalue weighted by Gasteiger charge is 2.28. The van der Waals surface area contributed by atoms with E-state index in [1.54, 1.807) is 36.8 Å². The van der Waals surface area contributed by atoms with Crippen molar-refractivity contribution < 1.29 is 18.7 Å². The predicted molar refractivity (Wildman–Crippen MR) is 102 cm³/mol. The number of aromatic nitrogens is 4. The average Bonchev–Trinajstić information content (AvgIpc) is 3.36.